The average molecular weight is 414 g/mol. The third kappa shape index (κ3) is 5.52. The normalized spacial score (nSPS) is 14.6. The lowest BCUT2D eigenvalue weighted by molar-refractivity contribution is 0.0937. The van der Waals surface area contributed by atoms with E-state index in [-0.39, 0.29) is 11.9 Å². The summed E-state index contributed by atoms with van der Waals surface area (Å²) in [6.45, 7) is 12.4. The van der Waals surface area contributed by atoms with Crippen LogP contribution in [0.1, 0.15) is 70.1 Å². The number of carbonyl (C=O) groups is 1. The van der Waals surface area contributed by atoms with E-state index in [1.54, 1.807) is 23.5 Å². The average Bonchev–Trinajstić information content (AvgIpc) is 2.93. The van der Waals surface area contributed by atoms with Gasteiger partial charge in [0.15, 0.2) is 0 Å². The Labute approximate surface area is 158 Å². The van der Waals surface area contributed by atoms with E-state index >= 15 is 0 Å². The van der Waals surface area contributed by atoms with E-state index in [0.29, 0.717) is 11.6 Å². The second-order valence-electron chi connectivity index (χ2n) is 6.13. The van der Waals surface area contributed by atoms with Crippen LogP contribution in [0.15, 0.2) is 26.4 Å². The molecule has 1 rings (SSSR count). The van der Waals surface area contributed by atoms with Gasteiger partial charge in [-0.05, 0) is 55.1 Å². The molecule has 134 valence electrons. The van der Waals surface area contributed by atoms with Gasteiger partial charge < -0.3 is 5.32 Å². The molecule has 0 bridgehead atoms. The summed E-state index contributed by atoms with van der Waals surface area (Å²) in [4.78, 5) is 13.7. The van der Waals surface area contributed by atoms with Crippen molar-refractivity contribution in [1.29, 1.82) is 0 Å². The van der Waals surface area contributed by atoms with Crippen molar-refractivity contribution >= 4 is 33.6 Å². The SMILES string of the molecule is C/C=C(\SC(Br)=C(C)CC)C(C)NC(=O)c1cc(C(C)C)nn1C. The Morgan fingerprint density at radius 1 is 1.46 bits per heavy atom. The third-order valence-electron chi connectivity index (χ3n) is 3.86. The second kappa shape index (κ2) is 9.47. The maximum absolute atomic E-state index is 12.6. The largest absolute Gasteiger partial charge is 0.344 e. The van der Waals surface area contributed by atoms with Crippen molar-refractivity contribution < 1.29 is 4.79 Å². The lowest BCUT2D eigenvalue weighted by atomic mass is 10.1. The van der Waals surface area contributed by atoms with Crippen LogP contribution in [0.4, 0.5) is 0 Å². The van der Waals surface area contributed by atoms with Crippen molar-refractivity contribution in [2.24, 2.45) is 7.05 Å². The van der Waals surface area contributed by atoms with Gasteiger partial charge in [0.2, 0.25) is 0 Å². The van der Waals surface area contributed by atoms with Crippen LogP contribution in [0, 0.1) is 0 Å². The monoisotopic (exact) mass is 413 g/mol. The highest BCUT2D eigenvalue weighted by atomic mass is 79.9. The van der Waals surface area contributed by atoms with Crippen LogP contribution in [0.3, 0.4) is 0 Å². The standard InChI is InChI=1S/C18H28BrN3OS/c1-8-12(5)17(19)24-16(9-2)13(6)20-18(23)15-10-14(11(3)4)21-22(15)7/h9-11,13H,8H2,1-7H3,(H,20,23)/b16-9-,17-12?. The lowest BCUT2D eigenvalue weighted by Crippen LogP contribution is -2.34. The number of amides is 1. The van der Waals surface area contributed by atoms with Gasteiger partial charge in [-0.25, -0.2) is 0 Å². The molecule has 1 atom stereocenters. The van der Waals surface area contributed by atoms with E-state index in [1.165, 1.54) is 5.57 Å². The zero-order chi connectivity index (χ0) is 18.4. The van der Waals surface area contributed by atoms with Gasteiger partial charge in [-0.15, -0.1) is 0 Å². The summed E-state index contributed by atoms with van der Waals surface area (Å²) >= 11 is 5.29. The van der Waals surface area contributed by atoms with E-state index in [2.05, 4.69) is 54.0 Å². The highest BCUT2D eigenvalue weighted by Crippen LogP contribution is 2.35. The Morgan fingerprint density at radius 3 is 2.54 bits per heavy atom. The fourth-order valence-electron chi connectivity index (χ4n) is 2.05. The number of aryl methyl sites for hydroxylation is 1. The van der Waals surface area contributed by atoms with Gasteiger partial charge in [0.1, 0.15) is 5.69 Å². The minimum atomic E-state index is -0.100. The van der Waals surface area contributed by atoms with Gasteiger partial charge in [-0.1, -0.05) is 44.2 Å². The van der Waals surface area contributed by atoms with Crippen molar-refractivity contribution in [1.82, 2.24) is 15.1 Å². The Morgan fingerprint density at radius 2 is 2.08 bits per heavy atom. The summed E-state index contributed by atoms with van der Waals surface area (Å²) in [6.07, 6.45) is 3.04. The van der Waals surface area contributed by atoms with Crippen molar-refractivity contribution in [2.45, 2.75) is 59.9 Å². The first kappa shape index (κ1) is 21.0. The zero-order valence-electron chi connectivity index (χ0n) is 15.6. The molecule has 1 heterocycles. The van der Waals surface area contributed by atoms with Crippen LogP contribution in [-0.2, 0) is 7.05 Å². The summed E-state index contributed by atoms with van der Waals surface area (Å²) in [7, 11) is 1.81. The van der Waals surface area contributed by atoms with Crippen molar-refractivity contribution in [3.05, 3.63) is 37.8 Å². The number of aromatic nitrogens is 2. The number of rotatable bonds is 7. The fourth-order valence-corrected chi connectivity index (χ4v) is 3.77. The molecule has 0 radical (unpaired) electrons. The van der Waals surface area contributed by atoms with Gasteiger partial charge in [-0.2, -0.15) is 5.10 Å². The first-order valence-electron chi connectivity index (χ1n) is 8.25. The Bertz CT molecular complexity index is 647. The summed E-state index contributed by atoms with van der Waals surface area (Å²) in [5.74, 6) is 0.201. The maximum atomic E-state index is 12.6. The van der Waals surface area contributed by atoms with Crippen molar-refractivity contribution in [2.75, 3.05) is 0 Å². The van der Waals surface area contributed by atoms with E-state index in [4.69, 9.17) is 0 Å². The van der Waals surface area contributed by atoms with Gasteiger partial charge in [0, 0.05) is 12.0 Å². The van der Waals surface area contributed by atoms with Crippen molar-refractivity contribution in [3.8, 4) is 0 Å². The Hall–Kier alpha value is -1.01. The van der Waals surface area contributed by atoms with Gasteiger partial charge >= 0.3 is 0 Å². The highest BCUT2D eigenvalue weighted by Gasteiger charge is 2.19. The molecule has 4 nitrogen and oxygen atoms in total. The van der Waals surface area contributed by atoms with E-state index in [9.17, 15) is 4.79 Å². The third-order valence-corrected chi connectivity index (χ3v) is 6.37. The smallest absolute Gasteiger partial charge is 0.270 e. The van der Waals surface area contributed by atoms with E-state index < -0.39 is 0 Å². The molecular formula is C18H28BrN3OS. The van der Waals surface area contributed by atoms with Gasteiger partial charge in [0.05, 0.1) is 15.6 Å². The minimum absolute atomic E-state index is 0.0675. The van der Waals surface area contributed by atoms with Crippen LogP contribution < -0.4 is 5.32 Å². The summed E-state index contributed by atoms with van der Waals surface area (Å²) in [5.41, 5.74) is 2.82. The van der Waals surface area contributed by atoms with Crippen LogP contribution >= 0.6 is 27.7 Å². The molecule has 6 heteroatoms. The number of halogens is 1. The zero-order valence-corrected chi connectivity index (χ0v) is 18.0. The molecule has 0 aromatic carbocycles. The number of nitrogens with zero attached hydrogens (tertiary/aromatic N) is 2. The van der Waals surface area contributed by atoms with Crippen LogP contribution in [0.2, 0.25) is 0 Å². The molecule has 1 unspecified atom stereocenters. The first-order valence-corrected chi connectivity index (χ1v) is 9.86. The molecule has 1 aromatic rings. The molecule has 1 aromatic heterocycles. The molecule has 0 saturated carbocycles. The predicted molar refractivity (Wildman–Crippen MR) is 107 cm³/mol. The highest BCUT2D eigenvalue weighted by molar-refractivity contribution is 9.14. The first-order chi connectivity index (χ1) is 11.2. The molecule has 0 saturated heterocycles. The molecule has 1 amide bonds. The molecule has 1 N–H and O–H groups in total. The Kier molecular flexibility index (Phi) is 8.30. The molecule has 0 spiro atoms. The van der Waals surface area contributed by atoms with Crippen LogP contribution in [0.25, 0.3) is 0 Å². The second-order valence-corrected chi connectivity index (χ2v) is 8.53. The van der Waals surface area contributed by atoms with E-state index in [0.717, 1.165) is 20.8 Å². The summed E-state index contributed by atoms with van der Waals surface area (Å²) in [5, 5.41) is 7.48. The predicted octanol–water partition coefficient (Wildman–Crippen LogP) is 5.34. The number of carbonyl (C=O) groups excluding carboxylic acids is 1. The molecule has 0 aliphatic heterocycles. The number of hydrogen-bond acceptors (Lipinski definition) is 3. The number of hydrogen-bond donors (Lipinski definition) is 1. The quantitative estimate of drug-likeness (QED) is 0.656. The summed E-state index contributed by atoms with van der Waals surface area (Å²) < 4.78 is 2.76. The van der Waals surface area contributed by atoms with Crippen molar-refractivity contribution in [3.63, 3.8) is 0 Å². The molecule has 0 aliphatic rings. The lowest BCUT2D eigenvalue weighted by Gasteiger charge is -2.17. The van der Waals surface area contributed by atoms with Crippen LogP contribution in [0.5, 0.6) is 0 Å². The topological polar surface area (TPSA) is 46.9 Å². The number of nitrogens with one attached hydrogen (secondary N) is 1. The van der Waals surface area contributed by atoms with Gasteiger partial charge in [-0.3, -0.25) is 9.48 Å². The van der Waals surface area contributed by atoms with Crippen LogP contribution in [-0.4, -0.2) is 21.7 Å². The molecule has 0 fully saturated rings. The summed E-state index contributed by atoms with van der Waals surface area (Å²) in [6, 6.07) is 1.80. The Balaban J connectivity index is 2.85. The number of allylic oxidation sites excluding steroid dienone is 2. The molecule has 24 heavy (non-hydrogen) atoms. The molecule has 0 aliphatic carbocycles. The van der Waals surface area contributed by atoms with Gasteiger partial charge in [0.25, 0.3) is 5.91 Å². The number of thioether (sulfide) groups is 1. The minimum Gasteiger partial charge on any atom is -0.344 e. The molecular weight excluding hydrogens is 386 g/mol. The van der Waals surface area contributed by atoms with E-state index in [1.807, 2.05) is 26.0 Å². The maximum Gasteiger partial charge on any atom is 0.270 e. The fraction of sp³-hybridized carbons (Fsp3) is 0.556.